The third-order valence-corrected chi connectivity index (χ3v) is 9.89. The van der Waals surface area contributed by atoms with Crippen LogP contribution in [0, 0.1) is 0 Å². The van der Waals surface area contributed by atoms with E-state index in [9.17, 15) is 0 Å². The van der Waals surface area contributed by atoms with Crippen LogP contribution in [0.1, 0.15) is 34.5 Å². The van der Waals surface area contributed by atoms with Crippen LogP contribution >= 0.6 is 11.3 Å². The van der Waals surface area contributed by atoms with Crippen molar-refractivity contribution in [2.24, 2.45) is 0 Å². The topological polar surface area (TPSA) is 39.3 Å². The summed E-state index contributed by atoms with van der Waals surface area (Å²) in [5.74, 6) is 0. The highest BCUT2D eigenvalue weighted by molar-refractivity contribution is 7.23. The Labute approximate surface area is 287 Å². The first kappa shape index (κ1) is 31.3. The van der Waals surface area contributed by atoms with Crippen LogP contribution in [0.25, 0.3) is 26.8 Å². The molecule has 2 unspecified atom stereocenters. The molecule has 1 aliphatic heterocycles. The number of hydrazine groups is 1. The lowest BCUT2D eigenvalue weighted by atomic mass is 9.91. The van der Waals surface area contributed by atoms with Crippen molar-refractivity contribution < 1.29 is 0 Å². The van der Waals surface area contributed by atoms with Gasteiger partial charge in [-0.15, -0.1) is 11.3 Å². The maximum absolute atomic E-state index is 4.47. The molecule has 0 bridgehead atoms. The van der Waals surface area contributed by atoms with Gasteiger partial charge < -0.3 is 4.90 Å². The Bertz CT molecular complexity index is 2130. The van der Waals surface area contributed by atoms with E-state index < -0.39 is 0 Å². The number of hydrogen-bond donors (Lipinski definition) is 3. The molecule has 1 aliphatic rings. The van der Waals surface area contributed by atoms with Crippen LogP contribution in [-0.4, -0.2) is 7.05 Å². The number of thiophene rings is 1. The highest BCUT2D eigenvalue weighted by Gasteiger charge is 2.25. The van der Waals surface area contributed by atoms with Gasteiger partial charge in [0.25, 0.3) is 0 Å². The molecule has 3 N–H and O–H groups in total. The molecule has 0 spiro atoms. The molecule has 2 atom stereocenters. The largest absolute Gasteiger partial charge is 0.308 e. The van der Waals surface area contributed by atoms with E-state index >= 15 is 0 Å². The Morgan fingerprint density at radius 1 is 0.667 bits per heavy atom. The van der Waals surface area contributed by atoms with Crippen LogP contribution in [0.4, 0.5) is 10.7 Å². The molecule has 0 amide bonds. The molecule has 236 valence electrons. The van der Waals surface area contributed by atoms with E-state index in [1.165, 1.54) is 21.2 Å². The predicted molar refractivity (Wildman–Crippen MR) is 205 cm³/mol. The molecule has 48 heavy (non-hydrogen) atoms. The van der Waals surface area contributed by atoms with Crippen molar-refractivity contribution in [3.8, 4) is 11.1 Å². The minimum absolute atomic E-state index is 0.0979. The molecular formula is C43H38N4S. The van der Waals surface area contributed by atoms with Gasteiger partial charge >= 0.3 is 0 Å². The number of nitrogens with one attached hydrogen (secondary N) is 3. The Kier molecular flexibility index (Phi) is 9.27. The van der Waals surface area contributed by atoms with Gasteiger partial charge in [-0.25, -0.2) is 5.43 Å². The van der Waals surface area contributed by atoms with Gasteiger partial charge in [-0.2, -0.15) is 0 Å². The van der Waals surface area contributed by atoms with Crippen molar-refractivity contribution in [1.29, 1.82) is 0 Å². The molecule has 5 aromatic carbocycles. The molecular weight excluding hydrogens is 605 g/mol. The van der Waals surface area contributed by atoms with Crippen molar-refractivity contribution in [2.45, 2.75) is 12.2 Å². The molecule has 2 heterocycles. The van der Waals surface area contributed by atoms with Crippen molar-refractivity contribution in [2.75, 3.05) is 11.9 Å². The van der Waals surface area contributed by atoms with Crippen LogP contribution in [-0.2, 0) is 0 Å². The maximum Gasteiger partial charge on any atom is 0.109 e. The van der Waals surface area contributed by atoms with Crippen LogP contribution in [0.5, 0.6) is 0 Å². The van der Waals surface area contributed by atoms with Crippen molar-refractivity contribution >= 4 is 37.7 Å². The fraction of sp³-hybridized carbons (Fsp3) is 0.0698. The molecule has 0 radical (unpaired) electrons. The van der Waals surface area contributed by atoms with E-state index in [0.29, 0.717) is 0 Å². The molecule has 0 fully saturated rings. The molecule has 7 rings (SSSR count). The minimum Gasteiger partial charge on any atom is -0.308 e. The van der Waals surface area contributed by atoms with E-state index in [1.807, 2.05) is 25.3 Å². The Balaban J connectivity index is 1.40. The zero-order valence-electron chi connectivity index (χ0n) is 26.9. The van der Waals surface area contributed by atoms with Crippen molar-refractivity contribution in [3.05, 3.63) is 199 Å². The van der Waals surface area contributed by atoms with Gasteiger partial charge in [0.05, 0.1) is 12.2 Å². The second-order valence-corrected chi connectivity index (χ2v) is 12.8. The number of rotatable bonds is 8. The lowest BCUT2D eigenvalue weighted by molar-refractivity contribution is 0.374. The zero-order valence-corrected chi connectivity index (χ0v) is 27.8. The summed E-state index contributed by atoms with van der Waals surface area (Å²) in [6.07, 6.45) is 8.20. The van der Waals surface area contributed by atoms with E-state index in [4.69, 9.17) is 0 Å². The van der Waals surface area contributed by atoms with Gasteiger partial charge in [-0.05, 0) is 70.3 Å². The minimum atomic E-state index is -0.139. The Morgan fingerprint density at radius 2 is 1.33 bits per heavy atom. The highest BCUT2D eigenvalue weighted by atomic mass is 32.1. The molecule has 1 aromatic heterocycles. The van der Waals surface area contributed by atoms with Crippen molar-refractivity contribution in [1.82, 2.24) is 16.2 Å². The lowest BCUT2D eigenvalue weighted by Gasteiger charge is -2.29. The zero-order chi connectivity index (χ0) is 32.9. The van der Waals surface area contributed by atoms with Gasteiger partial charge in [0.1, 0.15) is 5.00 Å². The highest BCUT2D eigenvalue weighted by Crippen LogP contribution is 2.49. The molecule has 6 aromatic rings. The van der Waals surface area contributed by atoms with Gasteiger partial charge in [0, 0.05) is 27.5 Å². The van der Waals surface area contributed by atoms with E-state index in [1.54, 1.807) is 11.3 Å². The average molecular weight is 643 g/mol. The summed E-state index contributed by atoms with van der Waals surface area (Å²) in [6.45, 7) is 8.82. The second kappa shape index (κ2) is 14.2. The first-order chi connectivity index (χ1) is 23.6. The molecule has 0 saturated heterocycles. The lowest BCUT2D eigenvalue weighted by Crippen LogP contribution is -2.42. The summed E-state index contributed by atoms with van der Waals surface area (Å²) in [4.78, 5) is 2.32. The van der Waals surface area contributed by atoms with Crippen LogP contribution < -0.4 is 21.1 Å². The number of fused-ring (bicyclic) bond motifs is 5. The number of hydrogen-bond acceptors (Lipinski definition) is 5. The Hall–Kier alpha value is -5.30. The monoisotopic (exact) mass is 642 g/mol. The summed E-state index contributed by atoms with van der Waals surface area (Å²) in [5.41, 5.74) is 16.4. The standard InChI is InChI=1S/C43H38N4S/c1-30-17-14-15-28-47(43-40(38-26-12-13-27-39(38)48-43)37-25-11-10-24-36(37)31(30)2)35-23-16-22-34(29-35)41(32-18-6-4-7-19-32)45-42(46-44-3)33-20-8-5-9-21-33/h4-29,41-42,44-46H,1-2H2,3H3/b17-14-,28-15-. The first-order valence-electron chi connectivity index (χ1n) is 16.1. The van der Waals surface area contributed by atoms with Gasteiger partial charge in [-0.1, -0.05) is 141 Å². The summed E-state index contributed by atoms with van der Waals surface area (Å²) >= 11 is 1.80. The maximum atomic E-state index is 4.47. The summed E-state index contributed by atoms with van der Waals surface area (Å²) in [6, 6.07) is 47.1. The number of benzene rings is 5. The fourth-order valence-corrected chi connectivity index (χ4v) is 7.56. The summed E-state index contributed by atoms with van der Waals surface area (Å²) < 4.78 is 1.23. The third-order valence-electron chi connectivity index (χ3n) is 8.72. The third kappa shape index (κ3) is 6.33. The summed E-state index contributed by atoms with van der Waals surface area (Å²) in [7, 11) is 1.90. The molecule has 0 saturated carbocycles. The Morgan fingerprint density at radius 3 is 2.10 bits per heavy atom. The van der Waals surface area contributed by atoms with E-state index in [0.717, 1.165) is 44.1 Å². The second-order valence-electron chi connectivity index (χ2n) is 11.7. The number of allylic oxidation sites excluding steroid dienone is 5. The first-order valence-corrected chi connectivity index (χ1v) is 17.0. The van der Waals surface area contributed by atoms with E-state index in [-0.39, 0.29) is 12.2 Å². The average Bonchev–Trinajstić information content (AvgIpc) is 3.52. The van der Waals surface area contributed by atoms with Crippen molar-refractivity contribution in [3.63, 3.8) is 0 Å². The molecule has 5 heteroatoms. The molecule has 4 nitrogen and oxygen atoms in total. The molecule has 0 aliphatic carbocycles. The van der Waals surface area contributed by atoms with Gasteiger partial charge in [0.15, 0.2) is 0 Å². The summed E-state index contributed by atoms with van der Waals surface area (Å²) in [5, 5.41) is 6.28. The predicted octanol–water partition coefficient (Wildman–Crippen LogP) is 10.5. The van der Waals surface area contributed by atoms with Crippen LogP contribution in [0.3, 0.4) is 0 Å². The van der Waals surface area contributed by atoms with Gasteiger partial charge in [0.2, 0.25) is 0 Å². The van der Waals surface area contributed by atoms with E-state index in [2.05, 4.69) is 174 Å². The SMILES string of the molecule is C=C1/C=C\C=C/N(c2cccc(C(NC(NNC)c3ccccc3)c3ccccc3)c2)c2sc3ccccc3c2-c2ccccc2C1=C. The van der Waals surface area contributed by atoms with Gasteiger partial charge in [-0.3, -0.25) is 10.7 Å². The van der Waals surface area contributed by atoms with Crippen LogP contribution in [0.15, 0.2) is 177 Å². The van der Waals surface area contributed by atoms with Crippen LogP contribution in [0.2, 0.25) is 0 Å². The fourth-order valence-electron chi connectivity index (χ4n) is 6.34. The number of anilines is 2. The smallest absolute Gasteiger partial charge is 0.109 e. The number of nitrogens with zero attached hydrogens (tertiary/aromatic N) is 1. The normalized spacial score (nSPS) is 15.6. The quantitative estimate of drug-likeness (QED) is 0.114.